The molecule has 0 spiro atoms. The quantitative estimate of drug-likeness (QED) is 0.818. The molecule has 1 unspecified atom stereocenters. The van der Waals surface area contributed by atoms with Gasteiger partial charge in [-0.2, -0.15) is 0 Å². The number of methoxy groups -OCH3 is 1. The van der Waals surface area contributed by atoms with Crippen LogP contribution in [-0.2, 0) is 21.2 Å². The zero-order valence-corrected chi connectivity index (χ0v) is 12.8. The molecule has 2 rings (SSSR count). The number of nitrogens with one attached hydrogen (secondary N) is 2. The first kappa shape index (κ1) is 15.9. The van der Waals surface area contributed by atoms with E-state index in [2.05, 4.69) is 9.71 Å². The van der Waals surface area contributed by atoms with Gasteiger partial charge in [0, 0.05) is 30.8 Å². The van der Waals surface area contributed by atoms with Gasteiger partial charge < -0.3 is 9.72 Å². The molecule has 0 saturated heterocycles. The summed E-state index contributed by atoms with van der Waals surface area (Å²) in [7, 11) is -1.93. The third-order valence-corrected chi connectivity index (χ3v) is 5.16. The van der Waals surface area contributed by atoms with E-state index in [9.17, 15) is 12.8 Å². The summed E-state index contributed by atoms with van der Waals surface area (Å²) in [6.45, 7) is 2.00. The summed E-state index contributed by atoms with van der Waals surface area (Å²) < 4.78 is 44.5. The van der Waals surface area contributed by atoms with Gasteiger partial charge >= 0.3 is 0 Å². The second kappa shape index (κ2) is 6.55. The summed E-state index contributed by atoms with van der Waals surface area (Å²) in [5, 5.41) is 0.169. The highest BCUT2D eigenvalue weighted by Gasteiger charge is 2.19. The van der Waals surface area contributed by atoms with Gasteiger partial charge in [-0.3, -0.25) is 0 Å². The third-order valence-electron chi connectivity index (χ3n) is 3.36. The van der Waals surface area contributed by atoms with E-state index >= 15 is 0 Å². The van der Waals surface area contributed by atoms with Crippen molar-refractivity contribution in [3.05, 3.63) is 35.8 Å². The van der Waals surface area contributed by atoms with Crippen LogP contribution in [0.15, 0.2) is 24.4 Å². The number of hydrogen-bond acceptors (Lipinski definition) is 3. The fourth-order valence-corrected chi connectivity index (χ4v) is 3.14. The van der Waals surface area contributed by atoms with E-state index in [1.807, 2.05) is 0 Å². The van der Waals surface area contributed by atoms with Crippen molar-refractivity contribution in [3.8, 4) is 0 Å². The standard InChI is InChI=1S/C14H19FN2O3S/c1-10(9-20-2)21(18,19)17-6-5-11-8-16-14-4-3-12(15)7-13(11)14/h3-4,7-8,10,16-17H,5-6,9H2,1-2H3. The molecule has 0 amide bonds. The first-order valence-corrected chi connectivity index (χ1v) is 8.21. The smallest absolute Gasteiger partial charge is 0.216 e. The molecule has 0 radical (unpaired) electrons. The number of fused-ring (bicyclic) bond motifs is 1. The van der Waals surface area contributed by atoms with Crippen LogP contribution in [0.2, 0.25) is 0 Å². The second-order valence-electron chi connectivity index (χ2n) is 4.96. The second-order valence-corrected chi connectivity index (χ2v) is 7.14. The maximum absolute atomic E-state index is 13.3. The van der Waals surface area contributed by atoms with Gasteiger partial charge in [0.15, 0.2) is 0 Å². The van der Waals surface area contributed by atoms with E-state index in [1.54, 1.807) is 19.2 Å². The number of aromatic amines is 1. The SMILES string of the molecule is COCC(C)S(=O)(=O)NCCc1c[nH]c2ccc(F)cc12. The Labute approximate surface area is 123 Å². The van der Waals surface area contributed by atoms with Gasteiger partial charge in [-0.25, -0.2) is 17.5 Å². The predicted octanol–water partition coefficient (Wildman–Crippen LogP) is 1.80. The van der Waals surface area contributed by atoms with Crippen molar-refractivity contribution >= 4 is 20.9 Å². The fourth-order valence-electron chi connectivity index (χ4n) is 2.15. The average Bonchev–Trinajstić information content (AvgIpc) is 2.81. The van der Waals surface area contributed by atoms with Crippen LogP contribution >= 0.6 is 0 Å². The molecule has 116 valence electrons. The fraction of sp³-hybridized carbons (Fsp3) is 0.429. The highest BCUT2D eigenvalue weighted by Crippen LogP contribution is 2.19. The van der Waals surface area contributed by atoms with Crippen molar-refractivity contribution in [1.82, 2.24) is 9.71 Å². The Morgan fingerprint density at radius 2 is 2.19 bits per heavy atom. The molecule has 2 N–H and O–H groups in total. The number of aromatic nitrogens is 1. The molecule has 0 saturated carbocycles. The third kappa shape index (κ3) is 3.81. The van der Waals surface area contributed by atoms with Gasteiger partial charge in [0.2, 0.25) is 10.0 Å². The number of sulfonamides is 1. The number of halogens is 1. The lowest BCUT2D eigenvalue weighted by Crippen LogP contribution is -2.36. The van der Waals surface area contributed by atoms with Crippen molar-refractivity contribution in [2.75, 3.05) is 20.3 Å². The molecule has 2 aromatic rings. The van der Waals surface area contributed by atoms with Crippen LogP contribution in [-0.4, -0.2) is 38.9 Å². The van der Waals surface area contributed by atoms with Crippen LogP contribution in [0.3, 0.4) is 0 Å². The van der Waals surface area contributed by atoms with E-state index in [4.69, 9.17) is 4.74 Å². The van der Waals surface area contributed by atoms with E-state index in [0.717, 1.165) is 16.5 Å². The maximum atomic E-state index is 13.3. The van der Waals surface area contributed by atoms with Crippen molar-refractivity contribution in [2.24, 2.45) is 0 Å². The van der Waals surface area contributed by atoms with E-state index in [-0.39, 0.29) is 19.0 Å². The highest BCUT2D eigenvalue weighted by molar-refractivity contribution is 7.90. The van der Waals surface area contributed by atoms with Crippen LogP contribution in [0.4, 0.5) is 4.39 Å². The van der Waals surface area contributed by atoms with Crippen LogP contribution in [0.25, 0.3) is 10.9 Å². The summed E-state index contributed by atoms with van der Waals surface area (Å²) in [5.74, 6) is -0.308. The van der Waals surface area contributed by atoms with E-state index < -0.39 is 15.3 Å². The number of rotatable bonds is 7. The monoisotopic (exact) mass is 314 g/mol. The van der Waals surface area contributed by atoms with Crippen molar-refractivity contribution in [1.29, 1.82) is 0 Å². The van der Waals surface area contributed by atoms with Crippen LogP contribution < -0.4 is 4.72 Å². The molecule has 0 aliphatic heterocycles. The molecule has 0 aliphatic rings. The van der Waals surface area contributed by atoms with Gasteiger partial charge in [0.05, 0.1) is 11.9 Å². The summed E-state index contributed by atoms with van der Waals surface area (Å²) >= 11 is 0. The number of hydrogen-bond donors (Lipinski definition) is 2. The van der Waals surface area contributed by atoms with E-state index in [0.29, 0.717) is 6.42 Å². The number of ether oxygens (including phenoxy) is 1. The molecule has 5 nitrogen and oxygen atoms in total. The Balaban J connectivity index is 2.01. The van der Waals surface area contributed by atoms with E-state index in [1.165, 1.54) is 19.2 Å². The Bertz CT molecular complexity index is 712. The molecular weight excluding hydrogens is 295 g/mol. The molecule has 0 aliphatic carbocycles. The minimum atomic E-state index is -3.40. The first-order chi connectivity index (χ1) is 9.94. The zero-order valence-electron chi connectivity index (χ0n) is 12.0. The Hall–Kier alpha value is -1.44. The normalized spacial score (nSPS) is 13.7. The molecule has 1 aromatic heterocycles. The Morgan fingerprint density at radius 1 is 1.43 bits per heavy atom. The minimum Gasteiger partial charge on any atom is -0.383 e. The van der Waals surface area contributed by atoms with Gasteiger partial charge in [-0.1, -0.05) is 0 Å². The molecule has 1 aromatic carbocycles. The lowest BCUT2D eigenvalue weighted by Gasteiger charge is -2.12. The molecule has 1 atom stereocenters. The van der Waals surface area contributed by atoms with Crippen molar-refractivity contribution < 1.29 is 17.5 Å². The molecule has 0 fully saturated rings. The first-order valence-electron chi connectivity index (χ1n) is 6.67. The minimum absolute atomic E-state index is 0.146. The van der Waals surface area contributed by atoms with Gasteiger partial charge in [0.25, 0.3) is 0 Å². The van der Waals surface area contributed by atoms with Gasteiger partial charge in [-0.15, -0.1) is 0 Å². The highest BCUT2D eigenvalue weighted by atomic mass is 32.2. The Morgan fingerprint density at radius 3 is 2.90 bits per heavy atom. The van der Waals surface area contributed by atoms with Crippen LogP contribution in [0.5, 0.6) is 0 Å². The van der Waals surface area contributed by atoms with Gasteiger partial charge in [0.1, 0.15) is 5.82 Å². The maximum Gasteiger partial charge on any atom is 0.216 e. The van der Waals surface area contributed by atoms with Crippen molar-refractivity contribution in [3.63, 3.8) is 0 Å². The summed E-state index contributed by atoms with van der Waals surface area (Å²) in [5.41, 5.74) is 1.72. The number of benzene rings is 1. The average molecular weight is 314 g/mol. The lowest BCUT2D eigenvalue weighted by molar-refractivity contribution is 0.200. The zero-order chi connectivity index (χ0) is 15.5. The van der Waals surface area contributed by atoms with Gasteiger partial charge in [-0.05, 0) is 37.1 Å². The molecule has 7 heteroatoms. The Kier molecular flexibility index (Phi) is 4.97. The number of H-pyrrole nitrogens is 1. The topological polar surface area (TPSA) is 71.2 Å². The lowest BCUT2D eigenvalue weighted by atomic mass is 10.1. The molecule has 0 bridgehead atoms. The molecule has 1 heterocycles. The van der Waals surface area contributed by atoms with Crippen molar-refractivity contribution in [2.45, 2.75) is 18.6 Å². The summed E-state index contributed by atoms with van der Waals surface area (Å²) in [6, 6.07) is 4.50. The largest absolute Gasteiger partial charge is 0.383 e. The molecular formula is C14H19FN2O3S. The van der Waals surface area contributed by atoms with Crippen LogP contribution in [0.1, 0.15) is 12.5 Å². The summed E-state index contributed by atoms with van der Waals surface area (Å²) in [6.07, 6.45) is 2.26. The molecule has 21 heavy (non-hydrogen) atoms. The van der Waals surface area contributed by atoms with Crippen LogP contribution in [0, 0.1) is 5.82 Å². The predicted molar refractivity (Wildman–Crippen MR) is 80.2 cm³/mol. The summed E-state index contributed by atoms with van der Waals surface area (Å²) in [4.78, 5) is 3.04.